The summed E-state index contributed by atoms with van der Waals surface area (Å²) >= 11 is 1.53. The number of hydrogen-bond donors (Lipinski definition) is 5. The molecule has 0 bridgehead atoms. The van der Waals surface area contributed by atoms with E-state index >= 15 is 0 Å². The Labute approximate surface area is 356 Å². The third-order valence-corrected chi connectivity index (χ3v) is 14.0. The van der Waals surface area contributed by atoms with E-state index in [2.05, 4.69) is 23.1 Å². The van der Waals surface area contributed by atoms with Crippen LogP contribution >= 0.6 is 27.4 Å². The van der Waals surface area contributed by atoms with Crippen LogP contribution in [0.4, 0.5) is 5.82 Å². The second kappa shape index (κ2) is 31.5. The number of phosphoric acid groups is 2. The molecule has 344 valence electrons. The fourth-order valence-electron chi connectivity index (χ4n) is 6.79. The first-order valence-corrected chi connectivity index (χ1v) is 26.2. The molecule has 6 N–H and O–H groups in total. The lowest BCUT2D eigenvalue weighted by atomic mass is 10.1. The van der Waals surface area contributed by atoms with Crippen molar-refractivity contribution in [3.05, 3.63) is 22.7 Å². The van der Waals surface area contributed by atoms with Crippen LogP contribution in [0.2, 0.25) is 0 Å². The van der Waals surface area contributed by atoms with Gasteiger partial charge in [-0.15, -0.1) is 0 Å². The Morgan fingerprint density at radius 2 is 1.29 bits per heavy atom. The zero-order valence-corrected chi connectivity index (χ0v) is 38.2. The van der Waals surface area contributed by atoms with Crippen molar-refractivity contribution in [1.82, 2.24) is 9.55 Å². The fourth-order valence-corrected chi connectivity index (χ4v) is 9.91. The predicted molar refractivity (Wildman–Crippen MR) is 231 cm³/mol. The zero-order valence-electron chi connectivity index (χ0n) is 35.6. The van der Waals surface area contributed by atoms with E-state index in [0.29, 0.717) is 6.42 Å². The van der Waals surface area contributed by atoms with Crippen LogP contribution in [0.25, 0.3) is 0 Å². The number of aliphatic hydroxyl groups is 2. The first-order valence-electron chi connectivity index (χ1n) is 22.1. The van der Waals surface area contributed by atoms with Crippen LogP contribution in [-0.4, -0.2) is 84.7 Å². The number of anilines is 1. The van der Waals surface area contributed by atoms with Crippen LogP contribution in [0.15, 0.2) is 17.1 Å². The molecule has 1 aromatic heterocycles. The molecule has 2 rings (SSSR count). The molecule has 1 fully saturated rings. The largest absolute Gasteiger partial charge is 0.481 e. The Bertz CT molecular complexity index is 1430. The van der Waals surface area contributed by atoms with Crippen molar-refractivity contribution in [2.45, 2.75) is 199 Å². The summed E-state index contributed by atoms with van der Waals surface area (Å²) < 4.78 is 51.7. The number of nitrogens with zero attached hydrogens (tertiary/aromatic N) is 2. The second-order valence-corrected chi connectivity index (χ2v) is 19.8. The standard InChI is InChI=1S/C40H75N3O13P2S/c1-3-5-7-9-11-13-15-17-19-21-23-25-29-59-32-33(54-36(44)26-24-22-20-18-16-14-12-10-8-6-4-2)30-52-57(48,49)56-58(50,51)53-31-34-37(45)38(46)39(55-34)43-28-27-35(41)42-40(43)47/h27-28,33-34,37-39,45-46H,3-26,29-32H2,1-2H3,(H,48,49)(H,50,51)(H2,41,42,47). The predicted octanol–water partition coefficient (Wildman–Crippen LogP) is 8.74. The Morgan fingerprint density at radius 1 is 0.797 bits per heavy atom. The molecule has 0 radical (unpaired) electrons. The molecule has 19 heteroatoms. The van der Waals surface area contributed by atoms with E-state index in [1.54, 1.807) is 0 Å². The average molecular weight is 900 g/mol. The van der Waals surface area contributed by atoms with Crippen LogP contribution in [-0.2, 0) is 36.8 Å². The van der Waals surface area contributed by atoms with Crippen molar-refractivity contribution >= 4 is 39.2 Å². The van der Waals surface area contributed by atoms with Crippen LogP contribution < -0.4 is 11.4 Å². The Kier molecular flexibility index (Phi) is 28.7. The number of hydrogen-bond acceptors (Lipinski definition) is 14. The number of phosphoric ester groups is 2. The molecule has 0 aromatic carbocycles. The summed E-state index contributed by atoms with van der Waals surface area (Å²) in [4.78, 5) is 49.1. The van der Waals surface area contributed by atoms with Gasteiger partial charge in [0.25, 0.3) is 0 Å². The van der Waals surface area contributed by atoms with Crippen molar-refractivity contribution in [2.75, 3.05) is 30.5 Å². The van der Waals surface area contributed by atoms with Crippen molar-refractivity contribution in [3.8, 4) is 0 Å². The minimum absolute atomic E-state index is 0.0779. The summed E-state index contributed by atoms with van der Waals surface area (Å²) in [6.07, 6.45) is 21.5. The van der Waals surface area contributed by atoms with E-state index in [4.69, 9.17) is 24.3 Å². The Hall–Kier alpha value is -1.36. The maximum Gasteiger partial charge on any atom is 0.481 e. The highest BCUT2D eigenvalue weighted by atomic mass is 32.2. The maximum atomic E-state index is 12.8. The molecule has 59 heavy (non-hydrogen) atoms. The molecule has 0 saturated carbocycles. The summed E-state index contributed by atoms with van der Waals surface area (Å²) in [6.45, 7) is 2.98. The second-order valence-electron chi connectivity index (χ2n) is 15.6. The summed E-state index contributed by atoms with van der Waals surface area (Å²) in [7, 11) is -10.6. The van der Waals surface area contributed by atoms with Gasteiger partial charge in [-0.3, -0.25) is 18.4 Å². The van der Waals surface area contributed by atoms with E-state index in [1.807, 2.05) is 0 Å². The minimum atomic E-state index is -5.32. The van der Waals surface area contributed by atoms with Gasteiger partial charge in [-0.25, -0.2) is 13.9 Å². The molecule has 2 heterocycles. The molecule has 1 saturated heterocycles. The van der Waals surface area contributed by atoms with Crippen molar-refractivity contribution < 1.29 is 56.8 Å². The molecule has 0 spiro atoms. The normalized spacial score (nSPS) is 20.6. The number of aromatic nitrogens is 2. The lowest BCUT2D eigenvalue weighted by molar-refractivity contribution is -0.149. The molecule has 0 amide bonds. The molecule has 1 aliphatic heterocycles. The monoisotopic (exact) mass is 899 g/mol. The molecular weight excluding hydrogens is 824 g/mol. The number of thioether (sulfide) groups is 1. The average Bonchev–Trinajstić information content (AvgIpc) is 3.46. The lowest BCUT2D eigenvalue weighted by Gasteiger charge is -2.21. The maximum absolute atomic E-state index is 12.8. The Morgan fingerprint density at radius 3 is 1.81 bits per heavy atom. The van der Waals surface area contributed by atoms with E-state index < -0.39 is 71.2 Å². The van der Waals surface area contributed by atoms with Gasteiger partial charge in [-0.2, -0.15) is 21.1 Å². The number of nitrogens with two attached hydrogens (primary N) is 1. The quantitative estimate of drug-likeness (QED) is 0.0238. The third-order valence-electron chi connectivity index (χ3n) is 10.2. The van der Waals surface area contributed by atoms with Gasteiger partial charge in [0.15, 0.2) is 6.23 Å². The molecule has 1 aliphatic rings. The Balaban J connectivity index is 1.81. The highest BCUT2D eigenvalue weighted by Gasteiger charge is 2.46. The highest BCUT2D eigenvalue weighted by Crippen LogP contribution is 2.60. The molecular formula is C40H75N3O13P2S. The van der Waals surface area contributed by atoms with Crippen molar-refractivity contribution in [1.29, 1.82) is 0 Å². The highest BCUT2D eigenvalue weighted by molar-refractivity contribution is 7.99. The van der Waals surface area contributed by atoms with E-state index in [-0.39, 0.29) is 18.0 Å². The van der Waals surface area contributed by atoms with E-state index in [1.165, 1.54) is 127 Å². The smallest absolute Gasteiger partial charge is 0.459 e. The van der Waals surface area contributed by atoms with E-state index in [9.17, 15) is 38.7 Å². The first-order chi connectivity index (χ1) is 28.3. The van der Waals surface area contributed by atoms with Gasteiger partial charge in [0.05, 0.1) is 13.2 Å². The third kappa shape index (κ3) is 24.8. The summed E-state index contributed by atoms with van der Waals surface area (Å²) in [6, 6.07) is 1.27. The van der Waals surface area contributed by atoms with Gasteiger partial charge in [0, 0.05) is 18.4 Å². The van der Waals surface area contributed by atoms with Crippen molar-refractivity contribution in [2.24, 2.45) is 0 Å². The molecule has 7 unspecified atom stereocenters. The lowest BCUT2D eigenvalue weighted by Crippen LogP contribution is -2.36. The summed E-state index contributed by atoms with van der Waals surface area (Å²) in [5.74, 6) is 0.539. The number of rotatable bonds is 37. The van der Waals surface area contributed by atoms with Gasteiger partial charge in [-0.05, 0) is 24.7 Å². The fraction of sp³-hybridized carbons (Fsp3) is 0.875. The van der Waals surface area contributed by atoms with Gasteiger partial charge >= 0.3 is 27.3 Å². The van der Waals surface area contributed by atoms with Gasteiger partial charge in [-0.1, -0.05) is 149 Å². The zero-order chi connectivity index (χ0) is 43.4. The van der Waals surface area contributed by atoms with Gasteiger partial charge in [0.1, 0.15) is 30.2 Å². The minimum Gasteiger partial charge on any atom is -0.459 e. The summed E-state index contributed by atoms with van der Waals surface area (Å²) in [5.41, 5.74) is 4.61. The number of carbonyl (C=O) groups is 1. The molecule has 7 atom stereocenters. The molecule has 1 aromatic rings. The van der Waals surface area contributed by atoms with Crippen molar-refractivity contribution in [3.63, 3.8) is 0 Å². The van der Waals surface area contributed by atoms with Crippen LogP contribution in [0.1, 0.15) is 174 Å². The number of nitrogen functional groups attached to an aromatic ring is 1. The van der Waals surface area contributed by atoms with Crippen LogP contribution in [0, 0.1) is 0 Å². The topological polar surface area (TPSA) is 239 Å². The van der Waals surface area contributed by atoms with E-state index in [0.717, 1.165) is 48.8 Å². The number of unbranched alkanes of at least 4 members (excludes halogenated alkanes) is 21. The van der Waals surface area contributed by atoms with Gasteiger partial charge < -0.3 is 35.2 Å². The molecule has 16 nitrogen and oxygen atoms in total. The van der Waals surface area contributed by atoms with Crippen LogP contribution in [0.3, 0.4) is 0 Å². The number of esters is 1. The number of ether oxygens (including phenoxy) is 2. The summed E-state index contributed by atoms with van der Waals surface area (Å²) in [5, 5.41) is 20.8. The first kappa shape index (κ1) is 53.8. The number of aliphatic hydroxyl groups excluding tert-OH is 2. The van der Waals surface area contributed by atoms with Crippen LogP contribution in [0.5, 0.6) is 0 Å². The number of carbonyl (C=O) groups excluding carboxylic acids is 1. The SMILES string of the molecule is CCCCCCCCCCCCCCSCC(COP(=O)(O)OP(=O)(O)OCC1OC(n2ccc(N)nc2=O)C(O)C1O)OC(=O)CCCCCCCCCCCCC. The molecule has 0 aliphatic carbocycles. The van der Waals surface area contributed by atoms with Gasteiger partial charge in [0.2, 0.25) is 0 Å².